The Morgan fingerprint density at radius 2 is 1.16 bits per heavy atom. The summed E-state index contributed by atoms with van der Waals surface area (Å²) in [6, 6.07) is 7.19. The van der Waals surface area contributed by atoms with E-state index in [-0.39, 0.29) is 47.2 Å². The highest BCUT2D eigenvalue weighted by Gasteiger charge is 2.18. The van der Waals surface area contributed by atoms with Gasteiger partial charge >= 0.3 is 11.9 Å². The Hall–Kier alpha value is -4.26. The van der Waals surface area contributed by atoms with Crippen molar-refractivity contribution in [2.75, 3.05) is 13.2 Å². The van der Waals surface area contributed by atoms with Crippen LogP contribution in [-0.4, -0.2) is 45.2 Å². The lowest BCUT2D eigenvalue weighted by molar-refractivity contribution is -0.386. The molecule has 2 aromatic carbocycles. The summed E-state index contributed by atoms with van der Waals surface area (Å²) in [6.45, 7) is -1.96. The highest BCUT2D eigenvalue weighted by atomic mass is 16.6. The molecule has 0 aliphatic rings. The zero-order chi connectivity index (χ0) is 23.0. The average Bonchev–Trinajstić information content (AvgIpc) is 2.70. The molecule has 0 aliphatic heterocycles. The van der Waals surface area contributed by atoms with Gasteiger partial charge < -0.3 is 24.4 Å². The summed E-state index contributed by atoms with van der Waals surface area (Å²) in [6.07, 6.45) is 0. The van der Waals surface area contributed by atoms with E-state index in [9.17, 15) is 29.8 Å². The molecule has 2 aromatic rings. The highest BCUT2D eigenvalue weighted by molar-refractivity contribution is 5.69. The quantitative estimate of drug-likeness (QED) is 0.366. The van der Waals surface area contributed by atoms with Crippen LogP contribution in [0.15, 0.2) is 36.4 Å². The van der Waals surface area contributed by atoms with E-state index in [1.54, 1.807) is 0 Å². The zero-order valence-corrected chi connectivity index (χ0v) is 15.8. The van der Waals surface area contributed by atoms with Gasteiger partial charge in [0.05, 0.1) is 34.2 Å². The van der Waals surface area contributed by atoms with Crippen molar-refractivity contribution in [2.45, 2.75) is 13.2 Å². The van der Waals surface area contributed by atoms with Crippen LogP contribution in [0.5, 0.6) is 11.5 Å². The van der Waals surface area contributed by atoms with Crippen molar-refractivity contribution in [1.29, 1.82) is 0 Å². The second-order valence-corrected chi connectivity index (χ2v) is 5.95. The minimum absolute atomic E-state index is 0.0637. The smallest absolute Gasteiger partial charge is 0.341 e. The molecule has 0 amide bonds. The largest absolute Gasteiger partial charge is 0.482 e. The SMILES string of the molecule is O=C(O)COc1ccc([N+](=O)[O-])c(COCc2cc(OCC(=O)O)ccc2[N+](=O)[O-])c1. The van der Waals surface area contributed by atoms with Crippen LogP contribution in [-0.2, 0) is 27.5 Å². The molecule has 0 saturated carbocycles. The van der Waals surface area contributed by atoms with Gasteiger partial charge in [0.1, 0.15) is 11.5 Å². The van der Waals surface area contributed by atoms with E-state index >= 15 is 0 Å². The lowest BCUT2D eigenvalue weighted by atomic mass is 10.1. The number of nitro groups is 2. The topological polar surface area (TPSA) is 189 Å². The molecule has 2 rings (SSSR count). The van der Waals surface area contributed by atoms with E-state index in [1.807, 2.05) is 0 Å². The molecule has 0 aromatic heterocycles. The summed E-state index contributed by atoms with van der Waals surface area (Å²) in [7, 11) is 0. The fourth-order valence-electron chi connectivity index (χ4n) is 2.45. The zero-order valence-electron chi connectivity index (χ0n) is 15.8. The van der Waals surface area contributed by atoms with Crippen LogP contribution in [0.2, 0.25) is 0 Å². The lowest BCUT2D eigenvalue weighted by Gasteiger charge is -2.10. The molecule has 0 spiro atoms. The molecule has 13 heteroatoms. The van der Waals surface area contributed by atoms with Crippen LogP contribution >= 0.6 is 0 Å². The van der Waals surface area contributed by atoms with Gasteiger partial charge in [-0.1, -0.05) is 0 Å². The van der Waals surface area contributed by atoms with Gasteiger partial charge in [0.25, 0.3) is 11.4 Å². The Kier molecular flexibility index (Phi) is 7.80. The molecular formula is C18H16N2O11. The maximum absolute atomic E-state index is 11.2. The van der Waals surface area contributed by atoms with Gasteiger partial charge in [0.2, 0.25) is 0 Å². The molecule has 0 bridgehead atoms. The first kappa shape index (κ1) is 23.0. The van der Waals surface area contributed by atoms with Gasteiger partial charge in [-0.2, -0.15) is 0 Å². The van der Waals surface area contributed by atoms with Gasteiger partial charge in [-0.15, -0.1) is 0 Å². The molecule has 0 heterocycles. The molecular weight excluding hydrogens is 420 g/mol. The van der Waals surface area contributed by atoms with Crippen LogP contribution in [0, 0.1) is 20.2 Å². The third kappa shape index (κ3) is 6.93. The Balaban J connectivity index is 2.17. The molecule has 0 atom stereocenters. The molecule has 13 nitrogen and oxygen atoms in total. The normalized spacial score (nSPS) is 10.3. The molecule has 0 radical (unpaired) electrons. The second-order valence-electron chi connectivity index (χ2n) is 5.95. The first-order valence-electron chi connectivity index (χ1n) is 8.49. The number of rotatable bonds is 12. The number of carboxylic acid groups (broad SMARTS) is 2. The molecule has 0 fully saturated rings. The number of carboxylic acids is 2. The molecule has 164 valence electrons. The summed E-state index contributed by atoms with van der Waals surface area (Å²) >= 11 is 0. The minimum Gasteiger partial charge on any atom is -0.482 e. The van der Waals surface area contributed by atoms with E-state index in [4.69, 9.17) is 24.4 Å². The lowest BCUT2D eigenvalue weighted by Crippen LogP contribution is -2.10. The van der Waals surface area contributed by atoms with Gasteiger partial charge in [-0.05, 0) is 24.3 Å². The van der Waals surface area contributed by atoms with Crippen LogP contribution in [0.4, 0.5) is 11.4 Å². The van der Waals surface area contributed by atoms with E-state index in [0.29, 0.717) is 0 Å². The van der Waals surface area contributed by atoms with Crippen LogP contribution in [0.3, 0.4) is 0 Å². The number of benzene rings is 2. The number of hydrogen-bond donors (Lipinski definition) is 2. The molecule has 0 aliphatic carbocycles. The second kappa shape index (κ2) is 10.5. The van der Waals surface area contributed by atoms with Gasteiger partial charge in [-0.25, -0.2) is 9.59 Å². The van der Waals surface area contributed by atoms with Crippen LogP contribution in [0.25, 0.3) is 0 Å². The third-order valence-electron chi connectivity index (χ3n) is 3.74. The number of hydrogen-bond acceptors (Lipinski definition) is 9. The van der Waals surface area contributed by atoms with Crippen LogP contribution < -0.4 is 9.47 Å². The number of ether oxygens (including phenoxy) is 3. The number of carbonyl (C=O) groups is 2. The van der Waals surface area contributed by atoms with Crippen molar-refractivity contribution >= 4 is 23.3 Å². The predicted octanol–water partition coefficient (Wildman–Crippen LogP) is 2.15. The number of nitro benzene ring substituents is 2. The molecule has 2 N–H and O–H groups in total. The van der Waals surface area contributed by atoms with E-state index < -0.39 is 35.0 Å². The van der Waals surface area contributed by atoms with Crippen molar-refractivity contribution in [2.24, 2.45) is 0 Å². The summed E-state index contributed by atoms with van der Waals surface area (Å²) in [5, 5.41) is 39.7. The van der Waals surface area contributed by atoms with Crippen molar-refractivity contribution < 1.29 is 43.9 Å². The number of nitrogens with zero attached hydrogens (tertiary/aromatic N) is 2. The predicted molar refractivity (Wildman–Crippen MR) is 101 cm³/mol. The molecule has 0 unspecified atom stereocenters. The minimum atomic E-state index is -1.23. The van der Waals surface area contributed by atoms with Crippen molar-refractivity contribution in [1.82, 2.24) is 0 Å². The standard InChI is InChI=1S/C18H16N2O11/c21-17(22)9-30-13-1-3-15(19(25)26)11(5-13)7-29-8-12-6-14(31-10-18(23)24)2-4-16(12)20(27)28/h1-6H,7-10H2,(H,21,22)(H,23,24). The monoisotopic (exact) mass is 436 g/mol. The van der Waals surface area contributed by atoms with Crippen molar-refractivity contribution in [3.8, 4) is 11.5 Å². The van der Waals surface area contributed by atoms with Gasteiger partial charge in [0.15, 0.2) is 13.2 Å². The molecule has 31 heavy (non-hydrogen) atoms. The summed E-state index contributed by atoms with van der Waals surface area (Å²) in [5.74, 6) is -2.31. The summed E-state index contributed by atoms with van der Waals surface area (Å²) in [4.78, 5) is 42.3. The van der Waals surface area contributed by atoms with E-state index in [0.717, 1.165) is 12.1 Å². The Morgan fingerprint density at radius 3 is 1.48 bits per heavy atom. The van der Waals surface area contributed by atoms with E-state index in [1.165, 1.54) is 24.3 Å². The van der Waals surface area contributed by atoms with Gasteiger partial charge in [0, 0.05) is 12.1 Å². The third-order valence-corrected chi connectivity index (χ3v) is 3.74. The highest BCUT2D eigenvalue weighted by Crippen LogP contribution is 2.28. The Morgan fingerprint density at radius 1 is 0.774 bits per heavy atom. The maximum Gasteiger partial charge on any atom is 0.341 e. The van der Waals surface area contributed by atoms with Crippen molar-refractivity contribution in [3.05, 3.63) is 67.8 Å². The van der Waals surface area contributed by atoms with Crippen LogP contribution in [0.1, 0.15) is 11.1 Å². The maximum atomic E-state index is 11.2. The van der Waals surface area contributed by atoms with E-state index in [2.05, 4.69) is 0 Å². The molecule has 0 saturated heterocycles. The first-order valence-corrected chi connectivity index (χ1v) is 8.49. The number of aliphatic carboxylic acids is 2. The fraction of sp³-hybridized carbons (Fsp3) is 0.222. The van der Waals surface area contributed by atoms with Gasteiger partial charge in [-0.3, -0.25) is 20.2 Å². The summed E-state index contributed by atoms with van der Waals surface area (Å²) < 4.78 is 15.4. The summed E-state index contributed by atoms with van der Waals surface area (Å²) in [5.41, 5.74) is -0.492. The average molecular weight is 436 g/mol. The Labute approximate surface area is 173 Å². The fourth-order valence-corrected chi connectivity index (χ4v) is 2.45. The first-order chi connectivity index (χ1) is 14.7. The van der Waals surface area contributed by atoms with Crippen molar-refractivity contribution in [3.63, 3.8) is 0 Å². The Bertz CT molecular complexity index is 926.